The SMILES string of the molecule is CCCCCCC/C=C\C/C=C\C/C=C\CCCCCCCCCCCCCCCCCCCCCCCCCCC(=O)NC(COC1OC(CO)C(OC2OC(CO)C(O)C(O)C2O)C(O)C1O)C(O)/C=C/CC/C=C/CC/C=C/CCCCCCCCC. The lowest BCUT2D eigenvalue weighted by molar-refractivity contribution is -0.359. The fourth-order valence-corrected chi connectivity index (χ4v) is 11.9. The minimum Gasteiger partial charge on any atom is -0.394 e. The number of aliphatic hydroxyl groups excluding tert-OH is 8. The zero-order valence-corrected chi connectivity index (χ0v) is 57.1. The molecule has 0 spiro atoms. The van der Waals surface area contributed by atoms with Gasteiger partial charge in [0.1, 0.15) is 48.8 Å². The standard InChI is InChI=1S/C76H137NO13/c1-3-5-7-9-11-13-15-17-19-21-22-23-24-25-26-27-28-29-30-31-32-33-34-35-36-37-38-39-40-41-42-44-46-48-50-52-54-56-58-60-68(81)77-64(65(80)59-57-55-53-51-49-47-45-43-20-18-16-14-12-10-8-6-4-2)63-87-75-73(86)71(84)74(67(62-79)89-75)90-76-72(85)70(83)69(82)66(61-78)88-76/h15,17,20-22,24-25,43,49,51,57,59,64-67,69-76,78-80,82-86H,3-14,16,18-19,23,26-42,44-48,50,52-56,58,60-63H2,1-2H3,(H,77,81)/b17-15-,22-21-,25-24-,43-20+,51-49+,59-57+. The molecule has 90 heavy (non-hydrogen) atoms. The summed E-state index contributed by atoms with van der Waals surface area (Å²) >= 11 is 0. The molecule has 2 heterocycles. The number of amides is 1. The van der Waals surface area contributed by atoms with E-state index in [4.69, 9.17) is 18.9 Å². The molecular weight excluding hydrogens is 1130 g/mol. The topological polar surface area (TPSA) is 228 Å². The van der Waals surface area contributed by atoms with Crippen LogP contribution in [0.5, 0.6) is 0 Å². The first kappa shape index (κ1) is 83.5. The predicted octanol–water partition coefficient (Wildman–Crippen LogP) is 15.8. The van der Waals surface area contributed by atoms with Gasteiger partial charge in [-0.15, -0.1) is 0 Å². The summed E-state index contributed by atoms with van der Waals surface area (Å²) in [6, 6.07) is -0.939. The molecule has 12 unspecified atom stereocenters. The molecule has 524 valence electrons. The van der Waals surface area contributed by atoms with E-state index in [0.29, 0.717) is 12.8 Å². The molecule has 0 radical (unpaired) electrons. The fourth-order valence-electron chi connectivity index (χ4n) is 11.9. The number of allylic oxidation sites excluding steroid dienone is 11. The number of aliphatic hydroxyl groups is 8. The van der Waals surface area contributed by atoms with Crippen LogP contribution in [-0.2, 0) is 23.7 Å². The van der Waals surface area contributed by atoms with Gasteiger partial charge in [-0.25, -0.2) is 0 Å². The van der Waals surface area contributed by atoms with E-state index in [0.717, 1.165) is 57.8 Å². The molecule has 2 aliphatic heterocycles. The minimum atomic E-state index is -1.79. The first-order valence-corrected chi connectivity index (χ1v) is 37.2. The number of hydrogen-bond donors (Lipinski definition) is 9. The molecule has 0 bridgehead atoms. The molecule has 0 aliphatic carbocycles. The Kier molecular flexibility index (Phi) is 55.8. The number of rotatable bonds is 61. The van der Waals surface area contributed by atoms with Crippen molar-refractivity contribution in [2.75, 3.05) is 19.8 Å². The van der Waals surface area contributed by atoms with Gasteiger partial charge in [-0.2, -0.15) is 0 Å². The molecule has 14 heteroatoms. The summed E-state index contributed by atoms with van der Waals surface area (Å²) in [6.45, 7) is 2.78. The normalized spacial score (nSPS) is 23.3. The highest BCUT2D eigenvalue weighted by atomic mass is 16.7. The summed E-state index contributed by atoms with van der Waals surface area (Å²) in [4.78, 5) is 13.3. The molecule has 0 aromatic rings. The Hall–Kier alpha value is -2.57. The second-order valence-corrected chi connectivity index (χ2v) is 26.1. The van der Waals surface area contributed by atoms with Crippen LogP contribution >= 0.6 is 0 Å². The molecule has 12 atom stereocenters. The summed E-state index contributed by atoms with van der Waals surface area (Å²) in [5.74, 6) is -0.250. The van der Waals surface area contributed by atoms with E-state index in [2.05, 4.69) is 79.9 Å². The summed E-state index contributed by atoms with van der Waals surface area (Å²) in [5, 5.41) is 87.3. The number of carbonyl (C=O) groups excluding carboxylic acids is 1. The van der Waals surface area contributed by atoms with Gasteiger partial charge in [0.15, 0.2) is 12.6 Å². The highest BCUT2D eigenvalue weighted by Crippen LogP contribution is 2.30. The van der Waals surface area contributed by atoms with Crippen molar-refractivity contribution in [3.8, 4) is 0 Å². The summed E-state index contributed by atoms with van der Waals surface area (Å²) in [5.41, 5.74) is 0. The second-order valence-electron chi connectivity index (χ2n) is 26.1. The van der Waals surface area contributed by atoms with Gasteiger partial charge in [0.05, 0.1) is 32.0 Å². The largest absolute Gasteiger partial charge is 0.394 e. The van der Waals surface area contributed by atoms with Crippen molar-refractivity contribution in [2.45, 2.75) is 383 Å². The quantitative estimate of drug-likeness (QED) is 0.0204. The Bertz CT molecular complexity index is 1790. The minimum absolute atomic E-state index is 0.250. The lowest BCUT2D eigenvalue weighted by atomic mass is 9.97. The number of hydrogen-bond acceptors (Lipinski definition) is 13. The number of carbonyl (C=O) groups is 1. The van der Waals surface area contributed by atoms with Gasteiger partial charge >= 0.3 is 0 Å². The van der Waals surface area contributed by atoms with Crippen LogP contribution in [0.2, 0.25) is 0 Å². The molecule has 2 fully saturated rings. The lowest BCUT2D eigenvalue weighted by Crippen LogP contribution is -2.65. The van der Waals surface area contributed by atoms with Gasteiger partial charge in [-0.05, 0) is 83.5 Å². The molecular formula is C76H137NO13. The Morgan fingerprint density at radius 3 is 1.17 bits per heavy atom. The molecule has 2 saturated heterocycles. The van der Waals surface area contributed by atoms with E-state index in [-0.39, 0.29) is 18.9 Å². The number of nitrogens with one attached hydrogen (secondary N) is 1. The van der Waals surface area contributed by atoms with Crippen molar-refractivity contribution in [2.24, 2.45) is 0 Å². The fraction of sp³-hybridized carbons (Fsp3) is 0.829. The van der Waals surface area contributed by atoms with Gasteiger partial charge in [0, 0.05) is 6.42 Å². The van der Waals surface area contributed by atoms with Gasteiger partial charge in [-0.1, -0.05) is 292 Å². The number of unbranched alkanes of at least 4 members (excludes halogenated alkanes) is 38. The van der Waals surface area contributed by atoms with Gasteiger partial charge in [0.2, 0.25) is 5.91 Å². The van der Waals surface area contributed by atoms with Crippen molar-refractivity contribution in [1.29, 1.82) is 0 Å². The van der Waals surface area contributed by atoms with Crippen molar-refractivity contribution in [3.63, 3.8) is 0 Å². The average Bonchev–Trinajstić information content (AvgIpc) is 1.04. The summed E-state index contributed by atoms with van der Waals surface area (Å²) in [7, 11) is 0. The monoisotopic (exact) mass is 1270 g/mol. The van der Waals surface area contributed by atoms with E-state index in [1.807, 2.05) is 6.08 Å². The van der Waals surface area contributed by atoms with E-state index >= 15 is 0 Å². The summed E-state index contributed by atoms with van der Waals surface area (Å²) < 4.78 is 22.8. The van der Waals surface area contributed by atoms with Crippen LogP contribution in [0.3, 0.4) is 0 Å². The van der Waals surface area contributed by atoms with Crippen LogP contribution in [0.1, 0.15) is 309 Å². The molecule has 2 rings (SSSR count). The average molecular weight is 1270 g/mol. The highest BCUT2D eigenvalue weighted by molar-refractivity contribution is 5.76. The number of ether oxygens (including phenoxy) is 4. The van der Waals surface area contributed by atoms with Crippen LogP contribution in [0.15, 0.2) is 72.9 Å². The van der Waals surface area contributed by atoms with Crippen molar-refractivity contribution >= 4 is 5.91 Å². The smallest absolute Gasteiger partial charge is 0.220 e. The first-order chi connectivity index (χ1) is 44.1. The van der Waals surface area contributed by atoms with Crippen molar-refractivity contribution in [1.82, 2.24) is 5.32 Å². The maximum absolute atomic E-state index is 13.3. The Morgan fingerprint density at radius 2 is 0.744 bits per heavy atom. The van der Waals surface area contributed by atoms with Crippen LogP contribution in [0.4, 0.5) is 0 Å². The Balaban J connectivity index is 1.58. The van der Waals surface area contributed by atoms with E-state index in [1.165, 1.54) is 218 Å². The third-order valence-electron chi connectivity index (χ3n) is 17.8. The third kappa shape index (κ3) is 43.4. The van der Waals surface area contributed by atoms with Crippen molar-refractivity contribution in [3.05, 3.63) is 72.9 Å². The van der Waals surface area contributed by atoms with Gasteiger partial charge in [-0.3, -0.25) is 4.79 Å². The van der Waals surface area contributed by atoms with Gasteiger partial charge in [0.25, 0.3) is 0 Å². The zero-order valence-electron chi connectivity index (χ0n) is 57.1. The molecule has 9 N–H and O–H groups in total. The van der Waals surface area contributed by atoms with Gasteiger partial charge < -0.3 is 65.1 Å². The maximum atomic E-state index is 13.3. The van der Waals surface area contributed by atoms with Crippen LogP contribution in [0, 0.1) is 0 Å². The van der Waals surface area contributed by atoms with Crippen molar-refractivity contribution < 1.29 is 64.6 Å². The van der Waals surface area contributed by atoms with E-state index in [9.17, 15) is 45.6 Å². The molecule has 14 nitrogen and oxygen atoms in total. The molecule has 1 amide bonds. The predicted molar refractivity (Wildman–Crippen MR) is 369 cm³/mol. The Morgan fingerprint density at radius 1 is 0.400 bits per heavy atom. The Labute approximate surface area is 548 Å². The van der Waals surface area contributed by atoms with Crippen LogP contribution in [0.25, 0.3) is 0 Å². The maximum Gasteiger partial charge on any atom is 0.220 e. The third-order valence-corrected chi connectivity index (χ3v) is 17.8. The molecule has 0 aromatic carbocycles. The molecule has 2 aliphatic rings. The molecule has 0 aromatic heterocycles. The molecule has 0 saturated carbocycles. The first-order valence-electron chi connectivity index (χ1n) is 37.2. The highest BCUT2D eigenvalue weighted by Gasteiger charge is 2.51. The summed E-state index contributed by atoms with van der Waals surface area (Å²) in [6.07, 6.45) is 65.6. The van der Waals surface area contributed by atoms with E-state index < -0.39 is 86.8 Å². The second kappa shape index (κ2) is 60.1. The lowest BCUT2D eigenvalue weighted by Gasteiger charge is -2.46. The van der Waals surface area contributed by atoms with E-state index in [1.54, 1.807) is 6.08 Å². The van der Waals surface area contributed by atoms with Crippen LogP contribution < -0.4 is 5.32 Å². The zero-order chi connectivity index (χ0) is 65.2. The van der Waals surface area contributed by atoms with Crippen LogP contribution in [-0.4, -0.2) is 140 Å².